The molecule has 1 aliphatic heterocycles. The van der Waals surface area contributed by atoms with Gasteiger partial charge in [0, 0.05) is 13.0 Å². The Labute approximate surface area is 131 Å². The predicted molar refractivity (Wildman–Crippen MR) is 84.2 cm³/mol. The highest BCUT2D eigenvalue weighted by Crippen LogP contribution is 2.20. The fraction of sp³-hybridized carbons (Fsp3) is 0.529. The van der Waals surface area contributed by atoms with Gasteiger partial charge in [-0.05, 0) is 31.4 Å². The maximum absolute atomic E-state index is 12.4. The van der Waals surface area contributed by atoms with Gasteiger partial charge in [-0.2, -0.15) is 0 Å². The summed E-state index contributed by atoms with van der Waals surface area (Å²) in [5, 5.41) is 6.35. The van der Waals surface area contributed by atoms with Crippen LogP contribution in [0.3, 0.4) is 0 Å². The van der Waals surface area contributed by atoms with E-state index in [-0.39, 0.29) is 23.8 Å². The SMILES string of the molecule is COC(=O)CCC(NC(=O)C1CCCNC1)c1ccccc1. The van der Waals surface area contributed by atoms with Crippen LogP contribution in [0.5, 0.6) is 0 Å². The quantitative estimate of drug-likeness (QED) is 0.786. The van der Waals surface area contributed by atoms with E-state index in [9.17, 15) is 9.59 Å². The molecule has 1 aromatic rings. The van der Waals surface area contributed by atoms with Crippen molar-refractivity contribution in [3.63, 3.8) is 0 Å². The maximum Gasteiger partial charge on any atom is 0.305 e. The number of carbonyl (C=O) groups is 2. The van der Waals surface area contributed by atoms with Crippen molar-refractivity contribution in [3.8, 4) is 0 Å². The molecule has 1 fully saturated rings. The topological polar surface area (TPSA) is 67.4 Å². The van der Waals surface area contributed by atoms with Gasteiger partial charge in [-0.15, -0.1) is 0 Å². The largest absolute Gasteiger partial charge is 0.469 e. The minimum absolute atomic E-state index is 0.0121. The molecule has 1 aromatic carbocycles. The van der Waals surface area contributed by atoms with Crippen molar-refractivity contribution in [1.29, 1.82) is 0 Å². The van der Waals surface area contributed by atoms with Gasteiger partial charge < -0.3 is 15.4 Å². The molecule has 2 unspecified atom stereocenters. The van der Waals surface area contributed by atoms with E-state index in [0.29, 0.717) is 12.8 Å². The molecule has 5 heteroatoms. The first kappa shape index (κ1) is 16.5. The molecule has 0 aliphatic carbocycles. The first-order valence-electron chi connectivity index (χ1n) is 7.83. The lowest BCUT2D eigenvalue weighted by Crippen LogP contribution is -2.41. The summed E-state index contributed by atoms with van der Waals surface area (Å²) in [6.45, 7) is 1.71. The average Bonchev–Trinajstić information content (AvgIpc) is 2.59. The van der Waals surface area contributed by atoms with Crippen molar-refractivity contribution in [2.45, 2.75) is 31.7 Å². The molecule has 1 amide bonds. The summed E-state index contributed by atoms with van der Waals surface area (Å²) in [6, 6.07) is 9.61. The summed E-state index contributed by atoms with van der Waals surface area (Å²) in [7, 11) is 1.38. The summed E-state index contributed by atoms with van der Waals surface area (Å²) in [5.74, 6) is -0.182. The number of amides is 1. The first-order valence-corrected chi connectivity index (χ1v) is 7.83. The lowest BCUT2D eigenvalue weighted by atomic mass is 9.96. The van der Waals surface area contributed by atoms with E-state index in [2.05, 4.69) is 10.6 Å². The molecule has 2 N–H and O–H groups in total. The number of piperidine rings is 1. The summed E-state index contributed by atoms with van der Waals surface area (Å²) in [6.07, 6.45) is 2.77. The van der Waals surface area contributed by atoms with Gasteiger partial charge in [0.2, 0.25) is 5.91 Å². The number of rotatable bonds is 6. The molecule has 0 spiro atoms. The third-order valence-corrected chi connectivity index (χ3v) is 4.05. The van der Waals surface area contributed by atoms with Crippen LogP contribution in [0.1, 0.15) is 37.3 Å². The normalized spacial score (nSPS) is 19.2. The van der Waals surface area contributed by atoms with Crippen LogP contribution in [0.25, 0.3) is 0 Å². The van der Waals surface area contributed by atoms with Crippen molar-refractivity contribution >= 4 is 11.9 Å². The fourth-order valence-corrected chi connectivity index (χ4v) is 2.74. The molecule has 22 heavy (non-hydrogen) atoms. The van der Waals surface area contributed by atoms with Crippen molar-refractivity contribution < 1.29 is 14.3 Å². The van der Waals surface area contributed by atoms with E-state index in [1.165, 1.54) is 7.11 Å². The third-order valence-electron chi connectivity index (χ3n) is 4.05. The van der Waals surface area contributed by atoms with Crippen LogP contribution in [0.15, 0.2) is 30.3 Å². The van der Waals surface area contributed by atoms with Crippen LogP contribution >= 0.6 is 0 Å². The average molecular weight is 304 g/mol. The molecule has 1 saturated heterocycles. The summed E-state index contributed by atoms with van der Waals surface area (Å²) in [4.78, 5) is 23.8. The lowest BCUT2D eigenvalue weighted by molar-refractivity contribution is -0.141. The van der Waals surface area contributed by atoms with E-state index in [4.69, 9.17) is 4.74 Å². The summed E-state index contributed by atoms with van der Waals surface area (Å²) in [5.41, 5.74) is 1.02. The zero-order valence-corrected chi connectivity index (χ0v) is 13.0. The standard InChI is InChI=1S/C17H24N2O3/c1-22-16(20)10-9-15(13-6-3-2-4-7-13)19-17(21)14-8-5-11-18-12-14/h2-4,6-7,14-15,18H,5,8-12H2,1H3,(H,19,21). The number of ether oxygens (including phenoxy) is 1. The number of nitrogens with one attached hydrogen (secondary N) is 2. The van der Waals surface area contributed by atoms with Crippen LogP contribution in [0.2, 0.25) is 0 Å². The Hall–Kier alpha value is -1.88. The van der Waals surface area contributed by atoms with Crippen molar-refractivity contribution in [2.75, 3.05) is 20.2 Å². The molecule has 0 bridgehead atoms. The zero-order chi connectivity index (χ0) is 15.8. The second kappa shape index (κ2) is 8.54. The molecule has 120 valence electrons. The number of esters is 1. The Morgan fingerprint density at radius 1 is 1.36 bits per heavy atom. The Kier molecular flexibility index (Phi) is 6.40. The van der Waals surface area contributed by atoms with Crippen LogP contribution < -0.4 is 10.6 Å². The number of methoxy groups -OCH3 is 1. The van der Waals surface area contributed by atoms with E-state index >= 15 is 0 Å². The Bertz CT molecular complexity index is 484. The highest BCUT2D eigenvalue weighted by molar-refractivity contribution is 5.79. The van der Waals surface area contributed by atoms with E-state index in [0.717, 1.165) is 31.5 Å². The van der Waals surface area contributed by atoms with Crippen LogP contribution in [0, 0.1) is 5.92 Å². The highest BCUT2D eigenvalue weighted by Gasteiger charge is 2.24. The molecule has 0 aromatic heterocycles. The van der Waals surface area contributed by atoms with Gasteiger partial charge in [0.25, 0.3) is 0 Å². The van der Waals surface area contributed by atoms with Gasteiger partial charge in [0.05, 0.1) is 19.1 Å². The highest BCUT2D eigenvalue weighted by atomic mass is 16.5. The Morgan fingerprint density at radius 3 is 2.77 bits per heavy atom. The van der Waals surface area contributed by atoms with Gasteiger partial charge in [-0.25, -0.2) is 0 Å². The number of carbonyl (C=O) groups excluding carboxylic acids is 2. The van der Waals surface area contributed by atoms with Crippen LogP contribution in [-0.2, 0) is 14.3 Å². The third kappa shape index (κ3) is 4.84. The van der Waals surface area contributed by atoms with Crippen LogP contribution in [-0.4, -0.2) is 32.1 Å². The van der Waals surface area contributed by atoms with E-state index in [1.54, 1.807) is 0 Å². The molecule has 2 atom stereocenters. The van der Waals surface area contributed by atoms with Gasteiger partial charge in [0.1, 0.15) is 0 Å². The summed E-state index contributed by atoms with van der Waals surface area (Å²) >= 11 is 0. The monoisotopic (exact) mass is 304 g/mol. The van der Waals surface area contributed by atoms with Crippen molar-refractivity contribution in [3.05, 3.63) is 35.9 Å². The molecular formula is C17H24N2O3. The van der Waals surface area contributed by atoms with E-state index < -0.39 is 0 Å². The number of hydrogen-bond donors (Lipinski definition) is 2. The molecular weight excluding hydrogens is 280 g/mol. The maximum atomic E-state index is 12.4. The van der Waals surface area contributed by atoms with Crippen LogP contribution in [0.4, 0.5) is 0 Å². The summed E-state index contributed by atoms with van der Waals surface area (Å²) < 4.78 is 4.70. The Balaban J connectivity index is 2.00. The number of benzene rings is 1. The minimum Gasteiger partial charge on any atom is -0.469 e. The molecule has 1 aliphatic rings. The zero-order valence-electron chi connectivity index (χ0n) is 13.0. The van der Waals surface area contributed by atoms with Crippen molar-refractivity contribution in [2.24, 2.45) is 5.92 Å². The van der Waals surface area contributed by atoms with Crippen molar-refractivity contribution in [1.82, 2.24) is 10.6 Å². The van der Waals surface area contributed by atoms with Gasteiger partial charge in [-0.3, -0.25) is 9.59 Å². The molecule has 0 saturated carbocycles. The molecule has 2 rings (SSSR count). The van der Waals surface area contributed by atoms with Gasteiger partial charge in [0.15, 0.2) is 0 Å². The second-order valence-electron chi connectivity index (χ2n) is 5.63. The molecule has 5 nitrogen and oxygen atoms in total. The van der Waals surface area contributed by atoms with E-state index in [1.807, 2.05) is 30.3 Å². The van der Waals surface area contributed by atoms with Gasteiger partial charge in [-0.1, -0.05) is 30.3 Å². The lowest BCUT2D eigenvalue weighted by Gasteiger charge is -2.25. The smallest absolute Gasteiger partial charge is 0.305 e. The first-order chi connectivity index (χ1) is 10.7. The number of hydrogen-bond acceptors (Lipinski definition) is 4. The Morgan fingerprint density at radius 2 is 2.14 bits per heavy atom. The predicted octanol–water partition coefficient (Wildman–Crippen LogP) is 1.80. The fourth-order valence-electron chi connectivity index (χ4n) is 2.74. The minimum atomic E-state index is -0.255. The molecule has 1 heterocycles. The van der Waals surface area contributed by atoms with Gasteiger partial charge >= 0.3 is 5.97 Å². The second-order valence-corrected chi connectivity index (χ2v) is 5.63. The molecule has 0 radical (unpaired) electrons.